The molecule has 0 spiro atoms. The van der Waals surface area contributed by atoms with Gasteiger partial charge in [0.15, 0.2) is 23.1 Å². The molecular formula is C20H22F4N4O4. The summed E-state index contributed by atoms with van der Waals surface area (Å²) >= 11 is 0. The van der Waals surface area contributed by atoms with Crippen molar-refractivity contribution in [3.05, 3.63) is 46.9 Å². The molecule has 2 heterocycles. The van der Waals surface area contributed by atoms with Crippen LogP contribution >= 0.6 is 0 Å². The molecule has 1 aromatic heterocycles. The molecule has 1 amide bonds. The van der Waals surface area contributed by atoms with Crippen molar-refractivity contribution < 1.29 is 36.8 Å². The van der Waals surface area contributed by atoms with Gasteiger partial charge in [-0.05, 0) is 43.7 Å². The number of benzene rings is 1. The lowest BCUT2D eigenvalue weighted by Gasteiger charge is -2.24. The predicted octanol–water partition coefficient (Wildman–Crippen LogP) is 2.77. The number of nitrogens with zero attached hydrogens (tertiary/aromatic N) is 3. The Morgan fingerprint density at radius 2 is 1.97 bits per heavy atom. The SMILES string of the molecule is NC(CC(=O)N1CCCC1c1noc(C2(F)CC2)n1)Cc1cc(F)c(F)cc1F.O=CO. The van der Waals surface area contributed by atoms with Gasteiger partial charge in [-0.25, -0.2) is 17.6 Å². The predicted molar refractivity (Wildman–Crippen MR) is 101 cm³/mol. The summed E-state index contributed by atoms with van der Waals surface area (Å²) in [6.45, 7) is 0.209. The molecule has 1 aliphatic heterocycles. The summed E-state index contributed by atoms with van der Waals surface area (Å²) < 4.78 is 59.3. The van der Waals surface area contributed by atoms with E-state index in [-0.39, 0.29) is 42.5 Å². The Balaban J connectivity index is 0.000000913. The summed E-state index contributed by atoms with van der Waals surface area (Å²) in [7, 11) is 0. The monoisotopic (exact) mass is 458 g/mol. The Labute approximate surface area is 180 Å². The molecule has 2 aromatic rings. The standard InChI is InChI=1S/C19H20F4N4O2.CH2O2/c20-12-9-14(22)13(21)7-10(12)6-11(24)8-16(28)27-5-1-2-15(27)17-25-18(29-26-17)19(23)3-4-19;2-1-3/h7,9,11,15H,1-6,8,24H2;1H,(H,2,3). The van der Waals surface area contributed by atoms with Gasteiger partial charge in [0, 0.05) is 25.1 Å². The highest BCUT2D eigenvalue weighted by molar-refractivity contribution is 5.77. The third-order valence-electron chi connectivity index (χ3n) is 5.39. The number of halogens is 4. The van der Waals surface area contributed by atoms with Crippen LogP contribution < -0.4 is 5.73 Å². The molecule has 0 bridgehead atoms. The lowest BCUT2D eigenvalue weighted by atomic mass is 10.0. The van der Waals surface area contributed by atoms with Gasteiger partial charge >= 0.3 is 0 Å². The molecule has 2 unspecified atom stereocenters. The fourth-order valence-corrected chi connectivity index (χ4v) is 3.63. The van der Waals surface area contributed by atoms with Crippen LogP contribution in [0, 0.1) is 17.5 Å². The first-order valence-corrected chi connectivity index (χ1v) is 9.98. The van der Waals surface area contributed by atoms with E-state index < -0.39 is 35.2 Å². The van der Waals surface area contributed by atoms with Gasteiger partial charge in [0.2, 0.25) is 5.91 Å². The maximum absolute atomic E-state index is 14.1. The number of carboxylic acid groups (broad SMARTS) is 1. The van der Waals surface area contributed by atoms with Crippen molar-refractivity contribution in [2.45, 2.75) is 56.3 Å². The lowest BCUT2D eigenvalue weighted by Crippen LogP contribution is -2.36. The first kappa shape index (κ1) is 23.6. The first-order valence-electron chi connectivity index (χ1n) is 9.98. The Bertz CT molecular complexity index is 983. The number of carbonyl (C=O) groups is 2. The highest BCUT2D eigenvalue weighted by Gasteiger charge is 2.51. The van der Waals surface area contributed by atoms with Crippen molar-refractivity contribution in [2.75, 3.05) is 6.54 Å². The second-order valence-corrected chi connectivity index (χ2v) is 7.80. The number of nitrogens with two attached hydrogens (primary N) is 1. The Morgan fingerprint density at radius 3 is 2.62 bits per heavy atom. The van der Waals surface area contributed by atoms with E-state index in [0.717, 1.165) is 6.07 Å². The number of rotatable bonds is 6. The average Bonchev–Trinajstić information content (AvgIpc) is 3.13. The summed E-state index contributed by atoms with van der Waals surface area (Å²) in [5.41, 5.74) is 4.31. The number of alkyl halides is 1. The van der Waals surface area contributed by atoms with E-state index in [2.05, 4.69) is 10.1 Å². The van der Waals surface area contributed by atoms with Crippen LogP contribution in [0.5, 0.6) is 0 Å². The van der Waals surface area contributed by atoms with Crippen LogP contribution in [0.2, 0.25) is 0 Å². The zero-order chi connectivity index (χ0) is 23.5. The molecule has 4 rings (SSSR count). The van der Waals surface area contributed by atoms with E-state index in [0.29, 0.717) is 38.3 Å². The van der Waals surface area contributed by atoms with E-state index in [1.54, 1.807) is 4.90 Å². The molecule has 2 fully saturated rings. The summed E-state index contributed by atoms with van der Waals surface area (Å²) in [5.74, 6) is -3.46. The van der Waals surface area contributed by atoms with E-state index in [1.807, 2.05) is 0 Å². The van der Waals surface area contributed by atoms with Gasteiger partial charge in [-0.15, -0.1) is 0 Å². The van der Waals surface area contributed by atoms with Gasteiger partial charge in [-0.3, -0.25) is 9.59 Å². The van der Waals surface area contributed by atoms with Gasteiger partial charge in [0.05, 0.1) is 6.04 Å². The average molecular weight is 458 g/mol. The molecular weight excluding hydrogens is 436 g/mol. The largest absolute Gasteiger partial charge is 0.483 e. The van der Waals surface area contributed by atoms with E-state index in [9.17, 15) is 22.4 Å². The zero-order valence-corrected chi connectivity index (χ0v) is 16.9. The van der Waals surface area contributed by atoms with Crippen LogP contribution in [-0.4, -0.2) is 45.1 Å². The quantitative estimate of drug-likeness (QED) is 0.388. The second kappa shape index (κ2) is 9.63. The third-order valence-corrected chi connectivity index (χ3v) is 5.39. The molecule has 1 saturated carbocycles. The van der Waals surface area contributed by atoms with Gasteiger partial charge in [-0.2, -0.15) is 4.98 Å². The fourth-order valence-electron chi connectivity index (χ4n) is 3.63. The van der Waals surface area contributed by atoms with Crippen molar-refractivity contribution in [3.8, 4) is 0 Å². The van der Waals surface area contributed by atoms with Crippen molar-refractivity contribution >= 4 is 12.4 Å². The summed E-state index contributed by atoms with van der Waals surface area (Å²) in [4.78, 5) is 26.8. The molecule has 2 atom stereocenters. The van der Waals surface area contributed by atoms with Crippen molar-refractivity contribution in [2.24, 2.45) is 5.73 Å². The summed E-state index contributed by atoms with van der Waals surface area (Å²) in [5, 5.41) is 10.7. The van der Waals surface area contributed by atoms with E-state index in [1.165, 1.54) is 0 Å². The summed E-state index contributed by atoms with van der Waals surface area (Å²) in [6, 6.07) is -0.0145. The highest BCUT2D eigenvalue weighted by atomic mass is 19.2. The fraction of sp³-hybridized carbons (Fsp3) is 0.500. The van der Waals surface area contributed by atoms with Crippen molar-refractivity contribution in [1.82, 2.24) is 15.0 Å². The molecule has 1 aliphatic carbocycles. The van der Waals surface area contributed by atoms with Crippen LogP contribution in [0.4, 0.5) is 17.6 Å². The minimum absolute atomic E-state index is 0.0580. The molecule has 174 valence electrons. The van der Waals surface area contributed by atoms with Crippen LogP contribution in [0.25, 0.3) is 0 Å². The number of amides is 1. The smallest absolute Gasteiger partial charge is 0.290 e. The van der Waals surface area contributed by atoms with Crippen LogP contribution in [-0.2, 0) is 21.7 Å². The Morgan fingerprint density at radius 1 is 1.31 bits per heavy atom. The zero-order valence-electron chi connectivity index (χ0n) is 16.9. The minimum atomic E-state index is -1.55. The van der Waals surface area contributed by atoms with E-state index >= 15 is 0 Å². The Kier molecular flexibility index (Phi) is 7.12. The lowest BCUT2D eigenvalue weighted by molar-refractivity contribution is -0.132. The van der Waals surface area contributed by atoms with Crippen LogP contribution in [0.15, 0.2) is 16.7 Å². The van der Waals surface area contributed by atoms with Gasteiger partial charge in [0.25, 0.3) is 12.4 Å². The normalized spacial score (nSPS) is 19.8. The number of hydrogen-bond donors (Lipinski definition) is 2. The highest BCUT2D eigenvalue weighted by Crippen LogP contribution is 2.49. The molecule has 8 nitrogen and oxygen atoms in total. The topological polar surface area (TPSA) is 123 Å². The molecule has 12 heteroatoms. The summed E-state index contributed by atoms with van der Waals surface area (Å²) in [6.07, 6.45) is 1.77. The van der Waals surface area contributed by atoms with Crippen molar-refractivity contribution in [3.63, 3.8) is 0 Å². The maximum Gasteiger partial charge on any atom is 0.290 e. The van der Waals surface area contributed by atoms with Crippen LogP contribution in [0.1, 0.15) is 55.4 Å². The molecule has 0 radical (unpaired) electrons. The number of likely N-dealkylation sites (tertiary alicyclic amines) is 1. The molecule has 3 N–H and O–H groups in total. The van der Waals surface area contributed by atoms with E-state index in [4.69, 9.17) is 20.2 Å². The number of hydrogen-bond acceptors (Lipinski definition) is 6. The van der Waals surface area contributed by atoms with Gasteiger partial charge in [-0.1, -0.05) is 5.16 Å². The third kappa shape index (κ3) is 5.23. The molecule has 1 saturated heterocycles. The first-order chi connectivity index (χ1) is 15.2. The number of aromatic nitrogens is 2. The maximum atomic E-state index is 14.1. The Hall–Kier alpha value is -3.02. The van der Waals surface area contributed by atoms with Crippen LogP contribution in [0.3, 0.4) is 0 Å². The number of carbonyl (C=O) groups excluding carboxylic acids is 1. The van der Waals surface area contributed by atoms with Crippen molar-refractivity contribution in [1.29, 1.82) is 0 Å². The second-order valence-electron chi connectivity index (χ2n) is 7.80. The molecule has 32 heavy (non-hydrogen) atoms. The molecule has 1 aromatic carbocycles. The molecule has 2 aliphatic rings. The van der Waals surface area contributed by atoms with Gasteiger partial charge < -0.3 is 20.3 Å². The van der Waals surface area contributed by atoms with Gasteiger partial charge in [0.1, 0.15) is 5.82 Å². The minimum Gasteiger partial charge on any atom is -0.483 e.